The van der Waals surface area contributed by atoms with E-state index in [1.807, 2.05) is 0 Å². The summed E-state index contributed by atoms with van der Waals surface area (Å²) >= 11 is 0. The third-order valence-electron chi connectivity index (χ3n) is 13.6. The monoisotopic (exact) mass is 666 g/mol. The molecule has 8 rings (SSSR count). The molecule has 6 nitrogen and oxygen atoms in total. The molecule has 7 heteroatoms. The van der Waals surface area contributed by atoms with Crippen molar-refractivity contribution in [3.05, 3.63) is 48.3 Å². The van der Waals surface area contributed by atoms with Gasteiger partial charge in [0.1, 0.15) is 0 Å². The smallest absolute Gasteiger partial charge is 0.630 e. The Hall–Kier alpha value is -1.04. The van der Waals surface area contributed by atoms with Crippen molar-refractivity contribution in [2.75, 3.05) is 0 Å². The zero-order chi connectivity index (χ0) is 30.2. The van der Waals surface area contributed by atoms with Gasteiger partial charge >= 0.3 is 19.5 Å². The summed E-state index contributed by atoms with van der Waals surface area (Å²) in [6, 6.07) is 2.44. The molecule has 0 bridgehead atoms. The molecule has 0 radical (unpaired) electrons. The number of piperidine rings is 2. The van der Waals surface area contributed by atoms with Gasteiger partial charge in [0.15, 0.2) is 0 Å². The molecule has 0 aromatic carbocycles. The first-order valence-electron chi connectivity index (χ1n) is 18.8. The molecule has 4 saturated carbocycles. The van der Waals surface area contributed by atoms with Crippen LogP contribution >= 0.6 is 0 Å². The summed E-state index contributed by atoms with van der Waals surface area (Å²) in [5, 5.41) is 8.89. The van der Waals surface area contributed by atoms with E-state index in [1.54, 1.807) is 0 Å². The SMILES string of the molecule is [CH2-][NH+]1C(/C=C2\[N-]C(=O)C3CCCCC23)CCC2CCCCC21.[CH2-][NH+]1C(/C=C2\[N-]C(=O)C3CCCCC23)CCC2CCCCC21.[Zn+2]. The van der Waals surface area contributed by atoms with Crippen LogP contribution in [0.15, 0.2) is 23.5 Å². The number of nitrogens with one attached hydrogen (secondary N) is 2. The van der Waals surface area contributed by atoms with Gasteiger partial charge < -0.3 is 30.0 Å². The van der Waals surface area contributed by atoms with Crippen molar-refractivity contribution in [2.24, 2.45) is 35.5 Å². The van der Waals surface area contributed by atoms with Gasteiger partial charge in [-0.1, -0.05) is 38.5 Å². The quantitative estimate of drug-likeness (QED) is 0.281. The van der Waals surface area contributed by atoms with Crippen LogP contribution in [0.3, 0.4) is 0 Å². The first kappa shape index (κ1) is 33.8. The molecule has 2 N–H and O–H groups in total. The van der Waals surface area contributed by atoms with Crippen LogP contribution in [0.1, 0.15) is 128 Å². The summed E-state index contributed by atoms with van der Waals surface area (Å²) < 4.78 is 0. The first-order chi connectivity index (χ1) is 21.5. The van der Waals surface area contributed by atoms with Gasteiger partial charge in [0.2, 0.25) is 0 Å². The van der Waals surface area contributed by atoms with E-state index in [9.17, 15) is 9.59 Å². The van der Waals surface area contributed by atoms with Crippen LogP contribution in [0, 0.1) is 49.6 Å². The maximum Gasteiger partial charge on any atom is 2.00 e. The van der Waals surface area contributed by atoms with Crippen molar-refractivity contribution in [3.8, 4) is 0 Å². The summed E-state index contributed by atoms with van der Waals surface area (Å²) in [6.45, 7) is 0. The van der Waals surface area contributed by atoms with Gasteiger partial charge in [-0.3, -0.25) is 0 Å². The third kappa shape index (κ3) is 7.07. The molecule has 0 aromatic heterocycles. The third-order valence-corrected chi connectivity index (χ3v) is 13.6. The van der Waals surface area contributed by atoms with Crippen LogP contribution in [0.25, 0.3) is 10.6 Å². The van der Waals surface area contributed by atoms with Crippen LogP contribution in [-0.2, 0) is 29.1 Å². The Morgan fingerprint density at radius 2 is 0.844 bits per heavy atom. The number of quaternary nitrogens is 2. The van der Waals surface area contributed by atoms with Gasteiger partial charge in [0.05, 0.1) is 36.0 Å². The molecule has 8 fully saturated rings. The fourth-order valence-electron chi connectivity index (χ4n) is 11.1. The van der Waals surface area contributed by atoms with Crippen LogP contribution in [0.2, 0.25) is 0 Å². The molecule has 2 amide bonds. The number of allylic oxidation sites excluding steroid dienone is 2. The van der Waals surface area contributed by atoms with Crippen LogP contribution in [0.4, 0.5) is 0 Å². The summed E-state index contributed by atoms with van der Waals surface area (Å²) in [4.78, 5) is 27.2. The number of carbonyl (C=O) groups is 2. The van der Waals surface area contributed by atoms with Gasteiger partial charge in [-0.05, 0) is 101 Å². The number of hydrogen-bond donors (Lipinski definition) is 2. The van der Waals surface area contributed by atoms with Gasteiger partial charge in [-0.15, -0.1) is 14.1 Å². The minimum Gasteiger partial charge on any atom is -0.630 e. The molecular formula is C38H58N4O2Zn. The second-order valence-corrected chi connectivity index (χ2v) is 15.9. The van der Waals surface area contributed by atoms with Gasteiger partial charge in [0.25, 0.3) is 0 Å². The topological polar surface area (TPSA) is 71.2 Å². The maximum atomic E-state index is 12.1. The minimum absolute atomic E-state index is 0. The fourth-order valence-corrected chi connectivity index (χ4v) is 11.1. The molecule has 45 heavy (non-hydrogen) atoms. The van der Waals surface area contributed by atoms with Crippen molar-refractivity contribution in [1.29, 1.82) is 0 Å². The molecule has 0 spiro atoms. The number of fused-ring (bicyclic) bond motifs is 4. The number of rotatable bonds is 2. The fraction of sp³-hybridized carbons (Fsp3) is 0.789. The molecule has 8 aliphatic rings. The summed E-state index contributed by atoms with van der Waals surface area (Å²) in [5.41, 5.74) is 2.24. The van der Waals surface area contributed by atoms with E-state index in [0.717, 1.165) is 61.0 Å². The van der Waals surface area contributed by atoms with E-state index < -0.39 is 0 Å². The predicted molar refractivity (Wildman–Crippen MR) is 174 cm³/mol. The summed E-state index contributed by atoms with van der Waals surface area (Å²) in [5.74, 6) is 3.37. The average Bonchev–Trinajstić information content (AvgIpc) is 3.55. The normalized spacial score (nSPS) is 45.9. The Labute approximate surface area is 286 Å². The second-order valence-electron chi connectivity index (χ2n) is 15.9. The molecule has 4 saturated heterocycles. The number of likely N-dealkylation sites (tertiary alicyclic amines) is 2. The Kier molecular flexibility index (Phi) is 11.3. The average molecular weight is 668 g/mol. The molecule has 12 unspecified atom stereocenters. The predicted octanol–water partition coefficient (Wildman–Crippen LogP) is 5.97. The van der Waals surface area contributed by atoms with Crippen molar-refractivity contribution in [1.82, 2.24) is 0 Å². The number of carbonyl (C=O) groups excluding carboxylic acids is 2. The Morgan fingerprint density at radius 1 is 0.489 bits per heavy atom. The van der Waals surface area contributed by atoms with Gasteiger partial charge in [0, 0.05) is 36.5 Å². The van der Waals surface area contributed by atoms with E-state index >= 15 is 0 Å². The zero-order valence-corrected chi connectivity index (χ0v) is 30.9. The van der Waals surface area contributed by atoms with E-state index in [-0.39, 0.29) is 43.1 Å². The van der Waals surface area contributed by atoms with Crippen LogP contribution in [-0.4, -0.2) is 36.0 Å². The van der Waals surface area contributed by atoms with Gasteiger partial charge in [-0.2, -0.15) is 11.4 Å². The van der Waals surface area contributed by atoms with Gasteiger partial charge in [-0.25, -0.2) is 0 Å². The van der Waals surface area contributed by atoms with Crippen LogP contribution in [0.5, 0.6) is 0 Å². The number of amides is 2. The Balaban J connectivity index is 0.000000155. The summed E-state index contributed by atoms with van der Waals surface area (Å²) in [7, 11) is 8.95. The minimum atomic E-state index is 0. The number of nitrogens with zero attached hydrogens (tertiary/aromatic N) is 2. The van der Waals surface area contributed by atoms with E-state index in [0.29, 0.717) is 23.9 Å². The molecule has 244 valence electrons. The molecule has 4 aliphatic carbocycles. The molecule has 4 aliphatic heterocycles. The molecular weight excluding hydrogens is 610 g/mol. The van der Waals surface area contributed by atoms with E-state index in [1.165, 1.54) is 113 Å². The zero-order valence-electron chi connectivity index (χ0n) is 27.9. The van der Waals surface area contributed by atoms with E-state index in [2.05, 4.69) is 36.9 Å². The Bertz CT molecular complexity index is 1040. The molecule has 0 aromatic rings. The summed E-state index contributed by atoms with van der Waals surface area (Å²) in [6.07, 6.45) is 30.3. The van der Waals surface area contributed by atoms with Crippen LogP contribution < -0.4 is 9.80 Å². The second kappa shape index (κ2) is 15.0. The van der Waals surface area contributed by atoms with Crippen molar-refractivity contribution in [3.63, 3.8) is 0 Å². The Morgan fingerprint density at radius 3 is 1.27 bits per heavy atom. The largest absolute Gasteiger partial charge is 2.00 e. The number of hydrogen-bond acceptors (Lipinski definition) is 2. The standard InChI is InChI=1S/2C19H30N2O.Zn/c2*1-21-14(11-10-13-6-2-5-9-18(13)21)12-17-15-7-3-4-8-16(15)19(22)20-17;/h2*12-16,18,21H,1-11H2,(H,20,22);/q;;+2/p-2/b2*17-12-;. The molecule has 4 heterocycles. The van der Waals surface area contributed by atoms with Crippen molar-refractivity contribution in [2.45, 2.75) is 153 Å². The van der Waals surface area contributed by atoms with E-state index in [4.69, 9.17) is 0 Å². The molecule has 12 atom stereocenters. The van der Waals surface area contributed by atoms with Crippen molar-refractivity contribution >= 4 is 11.8 Å². The maximum absolute atomic E-state index is 12.1. The first-order valence-corrected chi connectivity index (χ1v) is 18.8. The van der Waals surface area contributed by atoms with Crippen molar-refractivity contribution < 1.29 is 38.9 Å².